The Kier molecular flexibility index (Phi) is 7.85. The fourth-order valence-electron chi connectivity index (χ4n) is 5.88. The first-order chi connectivity index (χ1) is 20.8. The van der Waals surface area contributed by atoms with Gasteiger partial charge in [-0.1, -0.05) is 11.6 Å². The summed E-state index contributed by atoms with van der Waals surface area (Å²) < 4.78 is 70.1. The van der Waals surface area contributed by atoms with Gasteiger partial charge >= 0.3 is 6.09 Å². The molecule has 6 rings (SSSR count). The zero-order chi connectivity index (χ0) is 31.6. The molecule has 2 amide bonds. The Labute approximate surface area is 257 Å². The van der Waals surface area contributed by atoms with Crippen molar-refractivity contribution in [2.45, 2.75) is 35.9 Å². The van der Waals surface area contributed by atoms with Crippen molar-refractivity contribution in [3.05, 3.63) is 41.0 Å². The molecule has 3 saturated heterocycles. The summed E-state index contributed by atoms with van der Waals surface area (Å²) in [5, 5.41) is 9.36. The minimum absolute atomic E-state index is 0.0316. The van der Waals surface area contributed by atoms with E-state index in [0.717, 1.165) is 6.07 Å². The molecule has 5 heterocycles. The van der Waals surface area contributed by atoms with Crippen LogP contribution >= 0.6 is 11.6 Å². The van der Waals surface area contributed by atoms with Crippen molar-refractivity contribution in [1.82, 2.24) is 14.2 Å². The van der Waals surface area contributed by atoms with E-state index in [1.54, 1.807) is 4.90 Å². The Morgan fingerprint density at radius 1 is 1.20 bits per heavy atom. The van der Waals surface area contributed by atoms with Gasteiger partial charge in [-0.25, -0.2) is 27.0 Å². The van der Waals surface area contributed by atoms with Crippen LogP contribution in [0.2, 0.25) is 5.15 Å². The average Bonchev–Trinajstić information content (AvgIpc) is 3.31. The molecule has 13 nitrogen and oxygen atoms in total. The lowest BCUT2D eigenvalue weighted by molar-refractivity contribution is -0.157. The number of nitrogens with zero attached hydrogens (tertiary/aromatic N) is 5. The van der Waals surface area contributed by atoms with E-state index >= 15 is 8.78 Å². The minimum Gasteiger partial charge on any atom is -0.489 e. The summed E-state index contributed by atoms with van der Waals surface area (Å²) in [5.41, 5.74) is 5.60. The number of aromatic nitrogens is 1. The van der Waals surface area contributed by atoms with E-state index in [2.05, 4.69) is 4.98 Å². The van der Waals surface area contributed by atoms with Gasteiger partial charge in [-0.2, -0.15) is 4.31 Å². The lowest BCUT2D eigenvalue weighted by atomic mass is 9.88. The van der Waals surface area contributed by atoms with Crippen LogP contribution in [-0.2, 0) is 25.5 Å². The van der Waals surface area contributed by atoms with Crippen LogP contribution in [0.1, 0.15) is 12.5 Å². The fraction of sp³-hybridized carbons (Fsp3) is 0.519. The van der Waals surface area contributed by atoms with Gasteiger partial charge in [0, 0.05) is 50.9 Å². The number of hydrogen-bond donors (Lipinski definition) is 2. The molecule has 0 radical (unpaired) electrons. The summed E-state index contributed by atoms with van der Waals surface area (Å²) in [5.74, 6) is -4.37. The van der Waals surface area contributed by atoms with Gasteiger partial charge in [0.2, 0.25) is 15.9 Å². The lowest BCUT2D eigenvalue weighted by Crippen LogP contribution is -2.58. The van der Waals surface area contributed by atoms with Crippen LogP contribution < -0.4 is 20.3 Å². The van der Waals surface area contributed by atoms with Gasteiger partial charge in [0.1, 0.15) is 29.4 Å². The van der Waals surface area contributed by atoms with Crippen molar-refractivity contribution in [3.8, 4) is 5.75 Å². The van der Waals surface area contributed by atoms with Gasteiger partial charge in [-0.15, -0.1) is 0 Å². The molecule has 4 aliphatic rings. The molecule has 3 atom stereocenters. The molecular weight excluding hydrogens is 626 g/mol. The number of ether oxygens (including phenoxy) is 2. The van der Waals surface area contributed by atoms with E-state index in [0.29, 0.717) is 5.69 Å². The highest BCUT2D eigenvalue weighted by atomic mass is 35.5. The Morgan fingerprint density at radius 2 is 1.91 bits per heavy atom. The monoisotopic (exact) mass is 656 g/mol. The molecule has 0 spiro atoms. The molecule has 2 aromatic rings. The average molecular weight is 657 g/mol. The van der Waals surface area contributed by atoms with Gasteiger partial charge in [0.25, 0.3) is 5.92 Å². The molecule has 0 bridgehead atoms. The number of halogens is 3. The van der Waals surface area contributed by atoms with Crippen LogP contribution in [0.4, 0.5) is 25.1 Å². The number of piperazine rings is 1. The van der Waals surface area contributed by atoms with E-state index < -0.39 is 46.1 Å². The number of rotatable bonds is 7. The molecule has 17 heteroatoms. The number of aliphatic hydroxyl groups excluding tert-OH is 1. The topological polar surface area (TPSA) is 159 Å². The van der Waals surface area contributed by atoms with Crippen molar-refractivity contribution in [1.29, 1.82) is 0 Å². The number of benzene rings is 1. The highest BCUT2D eigenvalue weighted by Crippen LogP contribution is 2.43. The quantitative estimate of drug-likeness (QED) is 0.415. The molecule has 1 unspecified atom stereocenters. The maximum absolute atomic E-state index is 15.4. The van der Waals surface area contributed by atoms with Crippen molar-refractivity contribution in [2.75, 3.05) is 62.3 Å². The molecule has 1 aromatic heterocycles. The van der Waals surface area contributed by atoms with Gasteiger partial charge in [0.05, 0.1) is 29.1 Å². The summed E-state index contributed by atoms with van der Waals surface area (Å²) in [6.07, 6.45) is -1.39. The standard InChI is InChI=1S/C27H31ClF2N6O7S/c1-15(31)25(38)34-11-17(12-34)27(29,30)16-8-23(28)32-24(9-16)33-4-6-35(7-5-33)44(40,41)18-2-3-19-21(10-18)42-14-20-22(13-37)43-26(39)36(19)20/h2-3,8-10,15,17,20,22,37H,4-7,11-14,31H2,1H3/t15?,20-,22+/m1/s1. The van der Waals surface area contributed by atoms with E-state index in [1.165, 1.54) is 45.3 Å². The second-order valence-corrected chi connectivity index (χ2v) is 13.6. The first kappa shape index (κ1) is 30.7. The largest absolute Gasteiger partial charge is 0.489 e. The number of hydrogen-bond acceptors (Lipinski definition) is 10. The zero-order valence-corrected chi connectivity index (χ0v) is 25.2. The summed E-state index contributed by atoms with van der Waals surface area (Å²) >= 11 is 6.15. The number of carbonyl (C=O) groups excluding carboxylic acids is 2. The van der Waals surface area contributed by atoms with Gasteiger partial charge in [-0.3, -0.25) is 9.69 Å². The molecule has 3 N–H and O–H groups in total. The predicted octanol–water partition coefficient (Wildman–Crippen LogP) is 1.22. The summed E-state index contributed by atoms with van der Waals surface area (Å²) in [6, 6.07) is 5.26. The predicted molar refractivity (Wildman–Crippen MR) is 153 cm³/mol. The highest BCUT2D eigenvalue weighted by molar-refractivity contribution is 7.89. The molecule has 0 aliphatic carbocycles. The number of pyridine rings is 1. The van der Waals surface area contributed by atoms with Crippen LogP contribution in [0.3, 0.4) is 0 Å². The Morgan fingerprint density at radius 3 is 2.57 bits per heavy atom. The molecule has 238 valence electrons. The van der Waals surface area contributed by atoms with Crippen LogP contribution in [0.15, 0.2) is 35.2 Å². The van der Waals surface area contributed by atoms with Crippen LogP contribution in [0.5, 0.6) is 5.75 Å². The van der Waals surface area contributed by atoms with Gasteiger partial charge in [0.15, 0.2) is 6.10 Å². The SMILES string of the molecule is CC(N)C(=O)N1CC(C(F)(F)c2cc(Cl)nc(N3CCN(S(=O)(=O)c4ccc5c(c4)OC[C@@H]4[C@H](CO)OC(=O)N54)CC3)c2)C1. The summed E-state index contributed by atoms with van der Waals surface area (Å²) in [6.45, 7) is 1.36. The third kappa shape index (κ3) is 5.21. The first-order valence-corrected chi connectivity index (χ1v) is 15.9. The molecule has 44 heavy (non-hydrogen) atoms. The number of nitrogens with two attached hydrogens (primary N) is 1. The maximum Gasteiger partial charge on any atom is 0.415 e. The number of likely N-dealkylation sites (tertiary alicyclic amines) is 1. The van der Waals surface area contributed by atoms with Crippen molar-refractivity contribution in [2.24, 2.45) is 11.7 Å². The van der Waals surface area contributed by atoms with E-state index in [9.17, 15) is 23.1 Å². The summed E-state index contributed by atoms with van der Waals surface area (Å²) in [7, 11) is -3.97. The smallest absolute Gasteiger partial charge is 0.415 e. The third-order valence-electron chi connectivity index (χ3n) is 8.45. The fourth-order valence-corrected chi connectivity index (χ4v) is 7.53. The van der Waals surface area contributed by atoms with Crippen molar-refractivity contribution in [3.63, 3.8) is 0 Å². The lowest BCUT2D eigenvalue weighted by Gasteiger charge is -2.44. The second-order valence-electron chi connectivity index (χ2n) is 11.3. The third-order valence-corrected chi connectivity index (χ3v) is 10.5. The molecule has 4 aliphatic heterocycles. The van der Waals surface area contributed by atoms with E-state index in [-0.39, 0.29) is 85.6 Å². The first-order valence-electron chi connectivity index (χ1n) is 14.0. The van der Waals surface area contributed by atoms with Gasteiger partial charge in [-0.05, 0) is 31.2 Å². The van der Waals surface area contributed by atoms with Crippen LogP contribution in [0.25, 0.3) is 0 Å². The molecule has 3 fully saturated rings. The Hall–Kier alpha value is -3.31. The number of amides is 2. The molecule has 0 saturated carbocycles. The normalized spacial score (nSPS) is 23.4. The number of sulfonamides is 1. The van der Waals surface area contributed by atoms with E-state index in [4.69, 9.17) is 26.8 Å². The van der Waals surface area contributed by atoms with Crippen LogP contribution in [0, 0.1) is 5.92 Å². The summed E-state index contributed by atoms with van der Waals surface area (Å²) in [4.78, 5) is 32.9. The number of carbonyl (C=O) groups is 2. The van der Waals surface area contributed by atoms with E-state index in [1.807, 2.05) is 0 Å². The number of anilines is 2. The Balaban J connectivity index is 1.13. The van der Waals surface area contributed by atoms with Crippen molar-refractivity contribution < 1.29 is 41.4 Å². The number of aliphatic hydroxyl groups is 1. The van der Waals surface area contributed by atoms with Crippen LogP contribution in [-0.4, -0.2) is 110 Å². The highest BCUT2D eigenvalue weighted by Gasteiger charge is 2.50. The van der Waals surface area contributed by atoms with Crippen molar-refractivity contribution >= 4 is 45.1 Å². The minimum atomic E-state index is -3.97. The molecule has 1 aromatic carbocycles. The number of cyclic esters (lactones) is 1. The zero-order valence-electron chi connectivity index (χ0n) is 23.6. The molecular formula is C27H31ClF2N6O7S. The number of fused-ring (bicyclic) bond motifs is 3. The maximum atomic E-state index is 15.4. The number of alkyl halides is 2. The Bertz CT molecular complexity index is 1580. The second kappa shape index (κ2) is 11.2. The van der Waals surface area contributed by atoms with Gasteiger partial charge < -0.3 is 30.1 Å².